The van der Waals surface area contributed by atoms with E-state index >= 15 is 0 Å². The zero-order valence-corrected chi connectivity index (χ0v) is 19.8. The minimum absolute atomic E-state index is 0.0338. The molecule has 2 aromatic rings. The molecule has 0 atom stereocenters. The predicted octanol–water partition coefficient (Wildman–Crippen LogP) is 5.64. The molecule has 1 aliphatic heterocycles. The molecule has 1 saturated carbocycles. The first-order valence-corrected chi connectivity index (χ1v) is 11.4. The molecule has 1 aromatic heterocycles. The van der Waals surface area contributed by atoms with E-state index in [1.54, 1.807) is 9.58 Å². The highest BCUT2D eigenvalue weighted by Gasteiger charge is 2.48. The van der Waals surface area contributed by atoms with Crippen molar-refractivity contribution in [3.63, 3.8) is 0 Å². The third-order valence-electron chi connectivity index (χ3n) is 6.16. The summed E-state index contributed by atoms with van der Waals surface area (Å²) in [6, 6.07) is 7.36. The van der Waals surface area contributed by atoms with Crippen molar-refractivity contribution in [1.82, 2.24) is 14.7 Å². The van der Waals surface area contributed by atoms with E-state index in [2.05, 4.69) is 9.84 Å². The van der Waals surface area contributed by atoms with Gasteiger partial charge in [-0.15, -0.1) is 18.3 Å². The number of carbonyl (C=O) groups is 1. The van der Waals surface area contributed by atoms with Gasteiger partial charge in [0.05, 0.1) is 5.69 Å². The average Bonchev–Trinajstić information content (AvgIpc) is 3.05. The van der Waals surface area contributed by atoms with Gasteiger partial charge in [-0.3, -0.25) is 0 Å². The molecule has 0 unspecified atom stereocenters. The van der Waals surface area contributed by atoms with E-state index in [9.17, 15) is 18.0 Å². The topological polar surface area (TPSA) is 65.8 Å². The Labute approximate surface area is 196 Å². The van der Waals surface area contributed by atoms with Gasteiger partial charge >= 0.3 is 12.5 Å². The first kappa shape index (κ1) is 24.2. The van der Waals surface area contributed by atoms with Crippen molar-refractivity contribution >= 4 is 6.09 Å². The van der Waals surface area contributed by atoms with E-state index in [0.717, 1.165) is 44.5 Å². The number of carbonyl (C=O) groups excluding carboxylic acids is 1. The summed E-state index contributed by atoms with van der Waals surface area (Å²) in [7, 11) is 0. The van der Waals surface area contributed by atoms with Crippen molar-refractivity contribution in [3.8, 4) is 17.3 Å². The molecular formula is C24H30F3N3O4. The molecule has 10 heteroatoms. The fourth-order valence-electron chi connectivity index (χ4n) is 4.58. The average molecular weight is 482 g/mol. The highest BCUT2D eigenvalue weighted by Crippen LogP contribution is 2.45. The summed E-state index contributed by atoms with van der Waals surface area (Å²) < 4.78 is 54.2. The van der Waals surface area contributed by atoms with Crippen LogP contribution in [-0.2, 0) is 4.74 Å². The Balaban J connectivity index is 1.29. The van der Waals surface area contributed by atoms with Crippen molar-refractivity contribution in [1.29, 1.82) is 0 Å². The Morgan fingerprint density at radius 2 is 1.71 bits per heavy atom. The van der Waals surface area contributed by atoms with Crippen LogP contribution in [0.5, 0.6) is 11.6 Å². The summed E-state index contributed by atoms with van der Waals surface area (Å²) in [5.74, 6) is 0.202. The molecule has 1 saturated heterocycles. The van der Waals surface area contributed by atoms with Crippen LogP contribution < -0.4 is 9.47 Å². The number of ether oxygens (including phenoxy) is 3. The quantitative estimate of drug-likeness (QED) is 0.566. The molecule has 0 radical (unpaired) electrons. The second-order valence-corrected chi connectivity index (χ2v) is 10.2. The number of benzene rings is 1. The van der Waals surface area contributed by atoms with E-state index in [0.29, 0.717) is 11.6 Å². The molecule has 0 bridgehead atoms. The zero-order chi connectivity index (χ0) is 24.7. The Hall–Kier alpha value is -2.91. The minimum atomic E-state index is -4.73. The maximum atomic E-state index is 12.4. The fraction of sp³-hybridized carbons (Fsp3) is 0.583. The molecule has 1 aromatic carbocycles. The maximum Gasteiger partial charge on any atom is 0.573 e. The summed E-state index contributed by atoms with van der Waals surface area (Å²) in [6.45, 7) is 8.89. The molecule has 2 aliphatic rings. The van der Waals surface area contributed by atoms with Crippen LogP contribution in [-0.4, -0.2) is 51.9 Å². The van der Waals surface area contributed by atoms with Gasteiger partial charge in [-0.25, -0.2) is 9.48 Å². The first-order chi connectivity index (χ1) is 15.8. The van der Waals surface area contributed by atoms with Gasteiger partial charge in [-0.1, -0.05) is 0 Å². The van der Waals surface area contributed by atoms with Crippen molar-refractivity contribution in [2.45, 2.75) is 71.4 Å². The van der Waals surface area contributed by atoms with Crippen LogP contribution >= 0.6 is 0 Å². The van der Waals surface area contributed by atoms with E-state index in [1.165, 1.54) is 24.3 Å². The summed E-state index contributed by atoms with van der Waals surface area (Å²) in [5, 5.41) is 4.48. The van der Waals surface area contributed by atoms with E-state index in [4.69, 9.17) is 9.47 Å². The highest BCUT2D eigenvalue weighted by atomic mass is 19.4. The molecule has 0 N–H and O–H groups in total. The van der Waals surface area contributed by atoms with Gasteiger partial charge in [0.1, 0.15) is 17.5 Å². The van der Waals surface area contributed by atoms with E-state index in [1.807, 2.05) is 33.8 Å². The van der Waals surface area contributed by atoms with Gasteiger partial charge in [-0.2, -0.15) is 0 Å². The lowest BCUT2D eigenvalue weighted by atomic mass is 9.68. The van der Waals surface area contributed by atoms with Crippen molar-refractivity contribution < 1.29 is 32.2 Å². The van der Waals surface area contributed by atoms with Gasteiger partial charge in [-0.05, 0) is 77.6 Å². The summed E-state index contributed by atoms with van der Waals surface area (Å²) >= 11 is 0. The Morgan fingerprint density at radius 1 is 1.09 bits per heavy atom. The molecule has 2 heterocycles. The third-order valence-corrected chi connectivity index (χ3v) is 6.16. The lowest BCUT2D eigenvalue weighted by molar-refractivity contribution is -0.274. The van der Waals surface area contributed by atoms with Crippen LogP contribution in [0.15, 0.2) is 30.3 Å². The minimum Gasteiger partial charge on any atom is -0.473 e. The number of amides is 1. The summed E-state index contributed by atoms with van der Waals surface area (Å²) in [5.41, 5.74) is 1.07. The fourth-order valence-corrected chi connectivity index (χ4v) is 4.58. The van der Waals surface area contributed by atoms with Gasteiger partial charge in [0.2, 0.25) is 5.88 Å². The van der Waals surface area contributed by atoms with Crippen LogP contribution in [0.1, 0.15) is 52.1 Å². The van der Waals surface area contributed by atoms with Crippen LogP contribution in [0.2, 0.25) is 0 Å². The lowest BCUT2D eigenvalue weighted by Gasteiger charge is -2.52. The monoisotopic (exact) mass is 481 g/mol. The summed E-state index contributed by atoms with van der Waals surface area (Å²) in [4.78, 5) is 14.0. The number of alkyl halides is 3. The van der Waals surface area contributed by atoms with Crippen molar-refractivity contribution in [2.75, 3.05) is 13.1 Å². The molecule has 186 valence electrons. The van der Waals surface area contributed by atoms with Crippen LogP contribution in [0.25, 0.3) is 5.69 Å². The Morgan fingerprint density at radius 3 is 2.26 bits per heavy atom. The normalized spacial score (nSPS) is 18.5. The number of likely N-dealkylation sites (tertiary alicyclic amines) is 1. The second kappa shape index (κ2) is 8.70. The molecule has 34 heavy (non-hydrogen) atoms. The standard InChI is InChI=1S/C24H30F3N3O4/c1-16-13-20(28-30(16)17-5-7-19(8-6-17)33-24(25,26)27)32-18-9-11-23(12-10-18)14-29(15-23)21(31)34-22(2,3)4/h5-8,13,18H,9-12,14-15H2,1-4H3. The number of rotatable bonds is 4. The molecule has 1 aliphatic carbocycles. The SMILES string of the molecule is Cc1cc(OC2CCC3(CC2)CN(C(=O)OC(C)(C)C)C3)nn1-c1ccc(OC(F)(F)F)cc1. The van der Waals surface area contributed by atoms with Crippen LogP contribution in [0.3, 0.4) is 0 Å². The zero-order valence-electron chi connectivity index (χ0n) is 19.8. The van der Waals surface area contributed by atoms with Crippen molar-refractivity contribution in [2.24, 2.45) is 5.41 Å². The smallest absolute Gasteiger partial charge is 0.473 e. The molecule has 2 fully saturated rings. The van der Waals surface area contributed by atoms with Crippen LogP contribution in [0.4, 0.5) is 18.0 Å². The number of hydrogen-bond acceptors (Lipinski definition) is 5. The third kappa shape index (κ3) is 5.77. The molecule has 4 rings (SSSR count). The second-order valence-electron chi connectivity index (χ2n) is 10.2. The molecule has 1 amide bonds. The number of aryl methyl sites for hydroxylation is 1. The van der Waals surface area contributed by atoms with Gasteiger partial charge in [0, 0.05) is 30.3 Å². The van der Waals surface area contributed by atoms with E-state index < -0.39 is 12.0 Å². The maximum absolute atomic E-state index is 12.4. The van der Waals surface area contributed by atoms with Crippen molar-refractivity contribution in [3.05, 3.63) is 36.0 Å². The van der Waals surface area contributed by atoms with Gasteiger partial charge < -0.3 is 19.1 Å². The number of aromatic nitrogens is 2. The predicted molar refractivity (Wildman–Crippen MR) is 118 cm³/mol. The van der Waals surface area contributed by atoms with E-state index in [-0.39, 0.29) is 23.4 Å². The largest absolute Gasteiger partial charge is 0.573 e. The highest BCUT2D eigenvalue weighted by molar-refractivity contribution is 5.69. The van der Waals surface area contributed by atoms with Crippen LogP contribution in [0, 0.1) is 12.3 Å². The lowest BCUT2D eigenvalue weighted by Crippen LogP contribution is -2.60. The Bertz CT molecular complexity index is 1010. The summed E-state index contributed by atoms with van der Waals surface area (Å²) in [6.07, 6.45) is -1.26. The Kier molecular flexibility index (Phi) is 6.20. The molecular weight excluding hydrogens is 451 g/mol. The molecule has 1 spiro atoms. The number of halogens is 3. The van der Waals surface area contributed by atoms with Gasteiger partial charge in [0.25, 0.3) is 0 Å². The molecule has 7 nitrogen and oxygen atoms in total. The number of hydrogen-bond donors (Lipinski definition) is 0. The number of nitrogens with zero attached hydrogens (tertiary/aromatic N) is 3. The van der Waals surface area contributed by atoms with Gasteiger partial charge in [0.15, 0.2) is 0 Å². The first-order valence-electron chi connectivity index (χ1n) is 11.4.